The molecule has 0 bridgehead atoms. The van der Waals surface area contributed by atoms with E-state index in [1.165, 1.54) is 27.8 Å². The number of rotatable bonds is 4. The van der Waals surface area contributed by atoms with Crippen LogP contribution in [0.15, 0.2) is 78.9 Å². The third-order valence-electron chi connectivity index (χ3n) is 3.98. The molecule has 1 N–H and O–H groups in total. The van der Waals surface area contributed by atoms with E-state index in [1.807, 2.05) is 14.0 Å². The van der Waals surface area contributed by atoms with Gasteiger partial charge in [-0.3, -0.25) is 0 Å². The van der Waals surface area contributed by atoms with E-state index in [4.69, 9.17) is 0 Å². The summed E-state index contributed by atoms with van der Waals surface area (Å²) in [6, 6.07) is 25.5. The van der Waals surface area contributed by atoms with E-state index in [9.17, 15) is 0 Å². The van der Waals surface area contributed by atoms with Gasteiger partial charge in [-0.15, -0.1) is 0 Å². The molecule has 0 saturated carbocycles. The summed E-state index contributed by atoms with van der Waals surface area (Å²) >= 11 is 0. The van der Waals surface area contributed by atoms with Crippen molar-refractivity contribution in [3.8, 4) is 22.3 Å². The summed E-state index contributed by atoms with van der Waals surface area (Å²) < 4.78 is 0. The lowest BCUT2D eigenvalue weighted by atomic mass is 9.90. The molecule has 0 aliphatic carbocycles. The fourth-order valence-electron chi connectivity index (χ4n) is 2.97. The minimum Gasteiger partial charge on any atom is -0.387 e. The molecule has 0 saturated heterocycles. The maximum atomic E-state index is 3.41. The Balaban J connectivity index is 2.33. The summed E-state index contributed by atoms with van der Waals surface area (Å²) in [4.78, 5) is 0. The Labute approximate surface area is 138 Å². The lowest BCUT2D eigenvalue weighted by molar-refractivity contribution is 1.47. The second-order valence-electron chi connectivity index (χ2n) is 5.43. The standard InChI is InChI=1S/C22H21N/c1-3-10-19-15-16-20(17-11-6-4-7-12-17)21(22(19)23-2)18-13-8-5-9-14-18/h3-16,23H,1-2H3/b10-3+. The molecule has 0 fully saturated rings. The van der Waals surface area contributed by atoms with E-state index < -0.39 is 0 Å². The monoisotopic (exact) mass is 299 g/mol. The molecule has 0 heterocycles. The zero-order chi connectivity index (χ0) is 16.1. The molecule has 0 amide bonds. The highest BCUT2D eigenvalue weighted by Crippen LogP contribution is 2.40. The van der Waals surface area contributed by atoms with E-state index in [-0.39, 0.29) is 0 Å². The summed E-state index contributed by atoms with van der Waals surface area (Å²) in [5.74, 6) is 0. The molecule has 0 atom stereocenters. The average Bonchev–Trinajstić information content (AvgIpc) is 2.63. The number of allylic oxidation sites excluding steroid dienone is 1. The Bertz CT molecular complexity index is 802. The van der Waals surface area contributed by atoms with E-state index in [2.05, 4.69) is 90.3 Å². The van der Waals surface area contributed by atoms with E-state index >= 15 is 0 Å². The predicted molar refractivity (Wildman–Crippen MR) is 102 cm³/mol. The summed E-state index contributed by atoms with van der Waals surface area (Å²) in [6.07, 6.45) is 4.22. The first-order valence-electron chi connectivity index (χ1n) is 7.93. The van der Waals surface area contributed by atoms with Crippen LogP contribution >= 0.6 is 0 Å². The van der Waals surface area contributed by atoms with Gasteiger partial charge in [0, 0.05) is 18.3 Å². The van der Waals surface area contributed by atoms with Gasteiger partial charge in [-0.2, -0.15) is 0 Å². The van der Waals surface area contributed by atoms with Crippen molar-refractivity contribution in [2.75, 3.05) is 12.4 Å². The zero-order valence-corrected chi connectivity index (χ0v) is 13.6. The van der Waals surface area contributed by atoms with Crippen molar-refractivity contribution in [2.45, 2.75) is 6.92 Å². The summed E-state index contributed by atoms with van der Waals surface area (Å²) in [5.41, 5.74) is 7.31. The van der Waals surface area contributed by atoms with E-state index in [1.54, 1.807) is 0 Å². The number of hydrogen-bond donors (Lipinski definition) is 1. The summed E-state index contributed by atoms with van der Waals surface area (Å²) in [6.45, 7) is 2.05. The minimum atomic E-state index is 1.16. The molecule has 0 aromatic heterocycles. The summed E-state index contributed by atoms with van der Waals surface area (Å²) in [5, 5.41) is 3.41. The molecule has 1 heteroatoms. The van der Waals surface area contributed by atoms with Crippen molar-refractivity contribution in [3.05, 3.63) is 84.4 Å². The Kier molecular flexibility index (Phi) is 4.58. The number of nitrogens with one attached hydrogen (secondary N) is 1. The lowest BCUT2D eigenvalue weighted by Gasteiger charge is -2.18. The second-order valence-corrected chi connectivity index (χ2v) is 5.43. The van der Waals surface area contributed by atoms with Crippen LogP contribution in [0.3, 0.4) is 0 Å². The van der Waals surface area contributed by atoms with Crippen molar-refractivity contribution in [2.24, 2.45) is 0 Å². The van der Waals surface area contributed by atoms with Crippen LogP contribution in [0.1, 0.15) is 12.5 Å². The van der Waals surface area contributed by atoms with Gasteiger partial charge in [-0.05, 0) is 29.2 Å². The molecule has 1 nitrogen and oxygen atoms in total. The van der Waals surface area contributed by atoms with Crippen molar-refractivity contribution in [3.63, 3.8) is 0 Å². The third kappa shape index (κ3) is 3.04. The Morgan fingerprint density at radius 2 is 1.35 bits per heavy atom. The fourth-order valence-corrected chi connectivity index (χ4v) is 2.97. The Morgan fingerprint density at radius 1 is 0.739 bits per heavy atom. The van der Waals surface area contributed by atoms with Gasteiger partial charge >= 0.3 is 0 Å². The molecule has 3 aromatic carbocycles. The molecule has 0 aliphatic rings. The molecular formula is C22H21N. The normalized spacial score (nSPS) is 10.9. The highest BCUT2D eigenvalue weighted by atomic mass is 14.8. The van der Waals surface area contributed by atoms with Gasteiger partial charge < -0.3 is 5.32 Å². The first kappa shape index (κ1) is 15.1. The largest absolute Gasteiger partial charge is 0.387 e. The second kappa shape index (κ2) is 6.97. The predicted octanol–water partition coefficient (Wildman–Crippen LogP) is 6.10. The molecule has 0 spiro atoms. The van der Waals surface area contributed by atoms with Gasteiger partial charge in [0.15, 0.2) is 0 Å². The quantitative estimate of drug-likeness (QED) is 0.614. The van der Waals surface area contributed by atoms with Crippen LogP contribution in [0.2, 0.25) is 0 Å². The molecule has 0 radical (unpaired) electrons. The van der Waals surface area contributed by atoms with Gasteiger partial charge in [0.2, 0.25) is 0 Å². The van der Waals surface area contributed by atoms with Crippen molar-refractivity contribution in [1.82, 2.24) is 0 Å². The fraction of sp³-hybridized carbons (Fsp3) is 0.0909. The number of anilines is 1. The van der Waals surface area contributed by atoms with Gasteiger partial charge in [0.1, 0.15) is 0 Å². The average molecular weight is 299 g/mol. The van der Waals surface area contributed by atoms with Crippen molar-refractivity contribution >= 4 is 11.8 Å². The molecule has 0 unspecified atom stereocenters. The van der Waals surface area contributed by atoms with Gasteiger partial charge in [-0.25, -0.2) is 0 Å². The first-order valence-corrected chi connectivity index (χ1v) is 7.93. The maximum Gasteiger partial charge on any atom is 0.0497 e. The third-order valence-corrected chi connectivity index (χ3v) is 3.98. The van der Waals surface area contributed by atoms with Crippen LogP contribution in [-0.2, 0) is 0 Å². The van der Waals surface area contributed by atoms with Gasteiger partial charge in [-0.1, -0.05) is 84.9 Å². The number of hydrogen-bond acceptors (Lipinski definition) is 1. The van der Waals surface area contributed by atoms with Gasteiger partial charge in [0.05, 0.1) is 0 Å². The van der Waals surface area contributed by atoms with Crippen LogP contribution in [0.25, 0.3) is 28.3 Å². The first-order chi connectivity index (χ1) is 11.3. The van der Waals surface area contributed by atoms with Crippen LogP contribution in [-0.4, -0.2) is 7.05 Å². The van der Waals surface area contributed by atoms with Crippen molar-refractivity contribution in [1.29, 1.82) is 0 Å². The maximum absolute atomic E-state index is 3.41. The molecular weight excluding hydrogens is 278 g/mol. The van der Waals surface area contributed by atoms with Crippen LogP contribution < -0.4 is 5.32 Å². The molecule has 23 heavy (non-hydrogen) atoms. The zero-order valence-electron chi connectivity index (χ0n) is 13.6. The Hall–Kier alpha value is -2.80. The summed E-state index contributed by atoms with van der Waals surface area (Å²) in [7, 11) is 1.99. The molecule has 0 aliphatic heterocycles. The molecule has 3 aromatic rings. The van der Waals surface area contributed by atoms with Crippen LogP contribution in [0.5, 0.6) is 0 Å². The topological polar surface area (TPSA) is 12.0 Å². The lowest BCUT2D eigenvalue weighted by Crippen LogP contribution is -1.98. The minimum absolute atomic E-state index is 1.16. The highest BCUT2D eigenvalue weighted by molar-refractivity contribution is 5.95. The smallest absolute Gasteiger partial charge is 0.0497 e. The van der Waals surface area contributed by atoms with Gasteiger partial charge in [0.25, 0.3) is 0 Å². The van der Waals surface area contributed by atoms with Crippen LogP contribution in [0, 0.1) is 0 Å². The Morgan fingerprint density at radius 3 is 1.91 bits per heavy atom. The number of benzene rings is 3. The SMILES string of the molecule is C/C=C/c1ccc(-c2ccccc2)c(-c2ccccc2)c1NC. The molecule has 3 rings (SSSR count). The van der Waals surface area contributed by atoms with E-state index in [0.717, 1.165) is 5.69 Å². The highest BCUT2D eigenvalue weighted by Gasteiger charge is 2.14. The molecule has 114 valence electrons. The van der Waals surface area contributed by atoms with Crippen molar-refractivity contribution < 1.29 is 0 Å². The van der Waals surface area contributed by atoms with Crippen LogP contribution in [0.4, 0.5) is 5.69 Å². The van der Waals surface area contributed by atoms with E-state index in [0.29, 0.717) is 0 Å².